The molecule has 2 aliphatic rings. The average Bonchev–Trinajstić information content (AvgIpc) is 2.73. The molecule has 29 heavy (non-hydrogen) atoms. The maximum Gasteiger partial charge on any atom is 0.270 e. The third-order valence-electron chi connectivity index (χ3n) is 6.07. The Balaban J connectivity index is 1.57. The van der Waals surface area contributed by atoms with Crippen LogP contribution in [0.1, 0.15) is 35.2 Å². The van der Waals surface area contributed by atoms with Crippen molar-refractivity contribution in [2.24, 2.45) is 0 Å². The van der Waals surface area contributed by atoms with Gasteiger partial charge in [0.25, 0.3) is 11.6 Å². The first-order chi connectivity index (χ1) is 14.1. The van der Waals surface area contributed by atoms with Crippen molar-refractivity contribution in [1.29, 1.82) is 0 Å². The van der Waals surface area contributed by atoms with Crippen LogP contribution in [0.5, 0.6) is 0 Å². The Hall–Kier alpha value is -2.93. The highest BCUT2D eigenvalue weighted by atomic mass is 16.6. The lowest BCUT2D eigenvalue weighted by Gasteiger charge is -2.42. The monoisotopic (exact) mass is 395 g/mol. The minimum Gasteiger partial charge on any atom is -0.378 e. The Kier molecular flexibility index (Phi) is 5.49. The third-order valence-corrected chi connectivity index (χ3v) is 6.07. The van der Waals surface area contributed by atoms with E-state index in [1.807, 2.05) is 18.2 Å². The topological polar surface area (TPSA) is 84.7 Å². The van der Waals surface area contributed by atoms with Gasteiger partial charge in [-0.3, -0.25) is 14.9 Å². The maximum absolute atomic E-state index is 13.1. The highest BCUT2D eigenvalue weighted by Gasteiger charge is 2.39. The van der Waals surface area contributed by atoms with Gasteiger partial charge in [-0.1, -0.05) is 36.8 Å². The molecule has 2 aromatic carbocycles. The van der Waals surface area contributed by atoms with Crippen molar-refractivity contribution >= 4 is 17.3 Å². The maximum atomic E-state index is 13.1. The molecule has 0 bridgehead atoms. The normalized spacial score (nSPS) is 18.0. The van der Waals surface area contributed by atoms with Gasteiger partial charge < -0.3 is 15.0 Å². The number of benzene rings is 2. The van der Waals surface area contributed by atoms with Gasteiger partial charge in [0.05, 0.1) is 29.4 Å². The molecule has 0 radical (unpaired) electrons. The van der Waals surface area contributed by atoms with Gasteiger partial charge in [-0.2, -0.15) is 0 Å². The fourth-order valence-corrected chi connectivity index (χ4v) is 4.21. The lowest BCUT2D eigenvalue weighted by molar-refractivity contribution is -0.384. The molecule has 1 aliphatic carbocycles. The van der Waals surface area contributed by atoms with E-state index in [2.05, 4.69) is 22.3 Å². The van der Waals surface area contributed by atoms with Crippen LogP contribution in [0.25, 0.3) is 0 Å². The van der Waals surface area contributed by atoms with Crippen LogP contribution in [0.3, 0.4) is 0 Å². The molecular formula is C22H25N3O4. The molecule has 152 valence electrons. The van der Waals surface area contributed by atoms with Crippen molar-refractivity contribution in [1.82, 2.24) is 5.32 Å². The quantitative estimate of drug-likeness (QED) is 0.599. The SMILES string of the molecule is O=C(NCC1(c2ccccc2)CCC1)c1cc([N+](=O)[O-])ccc1N1CCOCC1. The van der Waals surface area contributed by atoms with Crippen LogP contribution in [0.2, 0.25) is 0 Å². The summed E-state index contributed by atoms with van der Waals surface area (Å²) in [4.78, 5) is 26.0. The van der Waals surface area contributed by atoms with Crippen LogP contribution in [-0.2, 0) is 10.2 Å². The van der Waals surface area contributed by atoms with Crippen LogP contribution in [-0.4, -0.2) is 43.7 Å². The van der Waals surface area contributed by atoms with Gasteiger partial charge in [-0.15, -0.1) is 0 Å². The number of hydrogen-bond donors (Lipinski definition) is 1. The van der Waals surface area contributed by atoms with Crippen LogP contribution >= 0.6 is 0 Å². The summed E-state index contributed by atoms with van der Waals surface area (Å²) in [7, 11) is 0. The van der Waals surface area contributed by atoms with Crippen molar-refractivity contribution in [3.8, 4) is 0 Å². The number of anilines is 1. The summed E-state index contributed by atoms with van der Waals surface area (Å²) in [5.74, 6) is -0.266. The number of nitro groups is 1. The summed E-state index contributed by atoms with van der Waals surface area (Å²) < 4.78 is 5.40. The first-order valence-corrected chi connectivity index (χ1v) is 10.0. The van der Waals surface area contributed by atoms with E-state index < -0.39 is 4.92 Å². The minimum absolute atomic E-state index is 0.0449. The number of carbonyl (C=O) groups is 1. The first kappa shape index (κ1) is 19.4. The predicted octanol–water partition coefficient (Wildman–Crippen LogP) is 3.28. The van der Waals surface area contributed by atoms with E-state index in [4.69, 9.17) is 4.74 Å². The molecule has 0 spiro atoms. The number of rotatable bonds is 6. The van der Waals surface area contributed by atoms with Crippen LogP contribution < -0.4 is 10.2 Å². The Morgan fingerprint density at radius 3 is 2.48 bits per heavy atom. The van der Waals surface area contributed by atoms with Crippen molar-refractivity contribution in [3.63, 3.8) is 0 Å². The van der Waals surface area contributed by atoms with Crippen LogP contribution in [0, 0.1) is 10.1 Å². The fourth-order valence-electron chi connectivity index (χ4n) is 4.21. The Bertz CT molecular complexity index is 890. The summed E-state index contributed by atoms with van der Waals surface area (Å²) >= 11 is 0. The number of carbonyl (C=O) groups excluding carboxylic acids is 1. The van der Waals surface area contributed by atoms with Crippen molar-refractivity contribution in [2.45, 2.75) is 24.7 Å². The summed E-state index contributed by atoms with van der Waals surface area (Å²) in [5, 5.41) is 14.3. The van der Waals surface area contributed by atoms with Gasteiger partial charge in [0.15, 0.2) is 0 Å². The van der Waals surface area contributed by atoms with Gasteiger partial charge in [0, 0.05) is 37.2 Å². The van der Waals surface area contributed by atoms with E-state index in [9.17, 15) is 14.9 Å². The van der Waals surface area contributed by atoms with E-state index in [0.29, 0.717) is 38.4 Å². The number of non-ortho nitro benzene ring substituents is 1. The molecular weight excluding hydrogens is 370 g/mol. The minimum atomic E-state index is -0.461. The second-order valence-corrected chi connectivity index (χ2v) is 7.74. The second-order valence-electron chi connectivity index (χ2n) is 7.74. The van der Waals surface area contributed by atoms with Crippen molar-refractivity contribution in [2.75, 3.05) is 37.7 Å². The number of nitrogens with zero attached hydrogens (tertiary/aromatic N) is 2. The number of amides is 1. The predicted molar refractivity (Wildman–Crippen MR) is 110 cm³/mol. The van der Waals surface area contributed by atoms with Gasteiger partial charge in [0.2, 0.25) is 0 Å². The Morgan fingerprint density at radius 2 is 1.86 bits per heavy atom. The molecule has 1 saturated heterocycles. The van der Waals surface area contributed by atoms with E-state index >= 15 is 0 Å². The standard InChI is InChI=1S/C22H25N3O4/c26-21(23-16-22(9-4-10-22)17-5-2-1-3-6-17)19-15-18(25(27)28)7-8-20(19)24-11-13-29-14-12-24/h1-3,5-8,15H,4,9-14,16H2,(H,23,26). The zero-order chi connectivity index (χ0) is 20.3. The zero-order valence-corrected chi connectivity index (χ0v) is 16.3. The molecule has 7 heteroatoms. The second kappa shape index (κ2) is 8.21. The summed E-state index contributed by atoms with van der Waals surface area (Å²) in [5.41, 5.74) is 2.19. The molecule has 1 saturated carbocycles. The van der Waals surface area contributed by atoms with E-state index in [1.54, 1.807) is 6.07 Å². The summed E-state index contributed by atoms with van der Waals surface area (Å²) in [6, 6.07) is 14.8. The fraction of sp³-hybridized carbons (Fsp3) is 0.409. The van der Waals surface area contributed by atoms with E-state index in [-0.39, 0.29) is 17.0 Å². The number of hydrogen-bond acceptors (Lipinski definition) is 5. The lowest BCUT2D eigenvalue weighted by Crippen LogP contribution is -2.46. The molecule has 2 fully saturated rings. The highest BCUT2D eigenvalue weighted by molar-refractivity contribution is 6.00. The zero-order valence-electron chi connectivity index (χ0n) is 16.3. The van der Waals surface area contributed by atoms with Gasteiger partial charge in [0.1, 0.15) is 0 Å². The molecule has 0 unspecified atom stereocenters. The Labute approximate surface area is 169 Å². The first-order valence-electron chi connectivity index (χ1n) is 10.0. The largest absolute Gasteiger partial charge is 0.378 e. The summed E-state index contributed by atoms with van der Waals surface area (Å²) in [6.07, 6.45) is 3.20. The summed E-state index contributed by atoms with van der Waals surface area (Å²) in [6.45, 7) is 3.00. The molecule has 7 nitrogen and oxygen atoms in total. The molecule has 2 aromatic rings. The van der Waals surface area contributed by atoms with Crippen LogP contribution in [0.15, 0.2) is 48.5 Å². The molecule has 0 aromatic heterocycles. The van der Waals surface area contributed by atoms with E-state index in [0.717, 1.165) is 24.9 Å². The highest BCUT2D eigenvalue weighted by Crippen LogP contribution is 2.43. The molecule has 0 atom stereocenters. The number of nitro benzene ring substituents is 1. The number of morpholine rings is 1. The lowest BCUT2D eigenvalue weighted by atomic mass is 9.64. The molecule has 1 amide bonds. The Morgan fingerprint density at radius 1 is 1.14 bits per heavy atom. The smallest absolute Gasteiger partial charge is 0.270 e. The van der Waals surface area contributed by atoms with Crippen LogP contribution in [0.4, 0.5) is 11.4 Å². The molecule has 4 rings (SSSR count). The van der Waals surface area contributed by atoms with Gasteiger partial charge >= 0.3 is 0 Å². The average molecular weight is 395 g/mol. The third kappa shape index (κ3) is 3.96. The van der Waals surface area contributed by atoms with E-state index in [1.165, 1.54) is 17.7 Å². The number of nitrogens with one attached hydrogen (secondary N) is 1. The molecule has 1 heterocycles. The van der Waals surface area contributed by atoms with Gasteiger partial charge in [-0.25, -0.2) is 0 Å². The van der Waals surface area contributed by atoms with Crippen molar-refractivity contribution < 1.29 is 14.5 Å². The molecule has 1 N–H and O–H groups in total. The van der Waals surface area contributed by atoms with Crippen molar-refractivity contribution in [3.05, 3.63) is 69.8 Å². The van der Waals surface area contributed by atoms with Gasteiger partial charge in [-0.05, 0) is 24.5 Å². The number of ether oxygens (including phenoxy) is 1. The molecule has 1 aliphatic heterocycles.